The number of aromatic nitrogens is 3. The van der Waals surface area contributed by atoms with Crippen LogP contribution in [-0.2, 0) is 0 Å². The normalized spacial score (nSPS) is 10.2. The van der Waals surface area contributed by atoms with Crippen LogP contribution in [0.5, 0.6) is 5.88 Å². The fraction of sp³-hybridized carbons (Fsp3) is 0. The molecule has 3 aromatic rings. The molecule has 0 atom stereocenters. The molecule has 3 rings (SSSR count). The molecular formula is C15H11N3O2. The fourth-order valence-corrected chi connectivity index (χ4v) is 1.71. The maximum atomic E-state index is 11.9. The van der Waals surface area contributed by atoms with Crippen LogP contribution in [0.1, 0.15) is 10.4 Å². The van der Waals surface area contributed by atoms with E-state index in [1.165, 1.54) is 11.0 Å². The van der Waals surface area contributed by atoms with Crippen molar-refractivity contribution in [3.05, 3.63) is 72.4 Å². The van der Waals surface area contributed by atoms with E-state index in [-0.39, 0.29) is 5.88 Å². The molecule has 0 unspecified atom stereocenters. The van der Waals surface area contributed by atoms with Gasteiger partial charge in [0.05, 0.1) is 11.3 Å². The largest absolute Gasteiger partial charge is 0.400 e. The predicted octanol–water partition coefficient (Wildman–Crippen LogP) is 2.49. The topological polar surface area (TPSA) is 57.0 Å². The maximum absolute atomic E-state index is 11.9. The minimum atomic E-state index is -0.453. The van der Waals surface area contributed by atoms with E-state index >= 15 is 0 Å². The third kappa shape index (κ3) is 2.56. The van der Waals surface area contributed by atoms with E-state index in [4.69, 9.17) is 4.74 Å². The van der Waals surface area contributed by atoms with Crippen LogP contribution in [0.25, 0.3) is 5.69 Å². The zero-order chi connectivity index (χ0) is 13.8. The second kappa shape index (κ2) is 5.36. The number of hydrogen-bond donors (Lipinski definition) is 0. The van der Waals surface area contributed by atoms with E-state index in [9.17, 15) is 4.79 Å². The third-order valence-corrected chi connectivity index (χ3v) is 2.66. The van der Waals surface area contributed by atoms with Gasteiger partial charge in [-0.05, 0) is 24.3 Å². The molecule has 20 heavy (non-hydrogen) atoms. The molecule has 1 heterocycles. The van der Waals surface area contributed by atoms with Crippen LogP contribution >= 0.6 is 0 Å². The highest BCUT2D eigenvalue weighted by Gasteiger charge is 2.11. The Kier molecular flexibility index (Phi) is 3.24. The average molecular weight is 265 g/mol. The van der Waals surface area contributed by atoms with Crippen LogP contribution < -0.4 is 4.74 Å². The lowest BCUT2D eigenvalue weighted by atomic mass is 10.2. The number of ether oxygens (including phenoxy) is 1. The molecule has 0 aliphatic heterocycles. The van der Waals surface area contributed by atoms with Gasteiger partial charge in [-0.2, -0.15) is 5.10 Å². The number of esters is 1. The molecule has 98 valence electrons. The van der Waals surface area contributed by atoms with E-state index in [0.29, 0.717) is 5.56 Å². The molecule has 0 saturated heterocycles. The van der Waals surface area contributed by atoms with E-state index in [2.05, 4.69) is 10.2 Å². The number of nitrogens with zero attached hydrogens (tertiary/aromatic N) is 3. The quantitative estimate of drug-likeness (QED) is 0.683. The fourth-order valence-electron chi connectivity index (χ4n) is 1.71. The summed E-state index contributed by atoms with van der Waals surface area (Å²) in [7, 11) is 0. The summed E-state index contributed by atoms with van der Waals surface area (Å²) >= 11 is 0. The first-order valence-corrected chi connectivity index (χ1v) is 6.08. The molecular weight excluding hydrogens is 254 g/mol. The van der Waals surface area contributed by atoms with Crippen LogP contribution in [-0.4, -0.2) is 21.0 Å². The van der Waals surface area contributed by atoms with Gasteiger partial charge in [-0.3, -0.25) is 0 Å². The van der Waals surface area contributed by atoms with Gasteiger partial charge >= 0.3 is 5.97 Å². The maximum Gasteiger partial charge on any atom is 0.344 e. The summed E-state index contributed by atoms with van der Waals surface area (Å²) in [6.45, 7) is 0. The van der Waals surface area contributed by atoms with E-state index < -0.39 is 5.97 Å². The predicted molar refractivity (Wildman–Crippen MR) is 72.8 cm³/mol. The molecule has 5 nitrogen and oxygen atoms in total. The van der Waals surface area contributed by atoms with Crippen LogP contribution in [0, 0.1) is 0 Å². The number of carbonyl (C=O) groups is 1. The molecule has 1 aromatic heterocycles. The van der Waals surface area contributed by atoms with Gasteiger partial charge < -0.3 is 4.74 Å². The van der Waals surface area contributed by atoms with Crippen LogP contribution in [0.3, 0.4) is 0 Å². The summed E-state index contributed by atoms with van der Waals surface area (Å²) in [5, 5.41) is 8.17. The Bertz CT molecular complexity index is 708. The van der Waals surface area contributed by atoms with Gasteiger partial charge in [0.25, 0.3) is 5.88 Å². The van der Waals surface area contributed by atoms with Crippen molar-refractivity contribution >= 4 is 5.97 Å². The Morgan fingerprint density at radius 1 is 0.950 bits per heavy atom. The number of hydrogen-bond acceptors (Lipinski definition) is 4. The van der Waals surface area contributed by atoms with Crippen molar-refractivity contribution in [3.8, 4) is 11.6 Å². The first-order valence-electron chi connectivity index (χ1n) is 6.08. The minimum Gasteiger partial charge on any atom is -0.400 e. The summed E-state index contributed by atoms with van der Waals surface area (Å²) in [5.74, 6) is -0.284. The average Bonchev–Trinajstić information content (AvgIpc) is 2.97. The van der Waals surface area contributed by atoms with Crippen LogP contribution in [0.2, 0.25) is 0 Å². The number of carbonyl (C=O) groups excluding carboxylic acids is 1. The van der Waals surface area contributed by atoms with Gasteiger partial charge in [0.1, 0.15) is 6.20 Å². The zero-order valence-corrected chi connectivity index (χ0v) is 10.5. The first-order chi connectivity index (χ1) is 9.83. The van der Waals surface area contributed by atoms with Gasteiger partial charge in [0, 0.05) is 0 Å². The van der Waals surface area contributed by atoms with Crippen molar-refractivity contribution in [1.29, 1.82) is 0 Å². The van der Waals surface area contributed by atoms with Gasteiger partial charge in [0.15, 0.2) is 0 Å². The van der Waals surface area contributed by atoms with Crippen LogP contribution in [0.4, 0.5) is 0 Å². The van der Waals surface area contributed by atoms with Crippen LogP contribution in [0.15, 0.2) is 66.9 Å². The highest BCUT2D eigenvalue weighted by molar-refractivity contribution is 5.90. The highest BCUT2D eigenvalue weighted by Crippen LogP contribution is 2.11. The molecule has 0 bridgehead atoms. The summed E-state index contributed by atoms with van der Waals surface area (Å²) in [6.07, 6.45) is 1.41. The Labute approximate surface area is 115 Å². The summed E-state index contributed by atoms with van der Waals surface area (Å²) in [4.78, 5) is 13.3. The van der Waals surface area contributed by atoms with Crippen molar-refractivity contribution in [2.24, 2.45) is 0 Å². The van der Waals surface area contributed by atoms with Crippen molar-refractivity contribution in [2.75, 3.05) is 0 Å². The lowest BCUT2D eigenvalue weighted by Crippen LogP contribution is -2.08. The van der Waals surface area contributed by atoms with Crippen molar-refractivity contribution in [1.82, 2.24) is 15.0 Å². The van der Waals surface area contributed by atoms with Crippen molar-refractivity contribution in [3.63, 3.8) is 0 Å². The van der Waals surface area contributed by atoms with Gasteiger partial charge in [0.2, 0.25) is 0 Å². The van der Waals surface area contributed by atoms with Gasteiger partial charge in [-0.1, -0.05) is 36.4 Å². The third-order valence-electron chi connectivity index (χ3n) is 2.66. The summed E-state index contributed by atoms with van der Waals surface area (Å²) < 4.78 is 5.17. The second-order valence-electron chi connectivity index (χ2n) is 4.06. The van der Waals surface area contributed by atoms with Crippen molar-refractivity contribution in [2.45, 2.75) is 0 Å². The van der Waals surface area contributed by atoms with E-state index in [1.807, 2.05) is 36.4 Å². The lowest BCUT2D eigenvalue weighted by Gasteiger charge is -2.00. The molecule has 0 aliphatic carbocycles. The smallest absolute Gasteiger partial charge is 0.344 e. The van der Waals surface area contributed by atoms with E-state index in [1.54, 1.807) is 24.3 Å². The van der Waals surface area contributed by atoms with E-state index in [0.717, 1.165) is 5.69 Å². The van der Waals surface area contributed by atoms with Gasteiger partial charge in [-0.25, -0.2) is 4.79 Å². The molecule has 0 aliphatic rings. The second-order valence-corrected chi connectivity index (χ2v) is 4.06. The molecule has 0 N–H and O–H groups in total. The van der Waals surface area contributed by atoms with Crippen molar-refractivity contribution < 1.29 is 9.53 Å². The Morgan fingerprint density at radius 2 is 1.60 bits per heavy atom. The lowest BCUT2D eigenvalue weighted by molar-refractivity contribution is 0.0727. The molecule has 0 fully saturated rings. The summed E-state index contributed by atoms with van der Waals surface area (Å²) in [6, 6.07) is 18.2. The molecule has 0 saturated carbocycles. The minimum absolute atomic E-state index is 0.169. The molecule has 0 amide bonds. The Hall–Kier alpha value is -2.95. The highest BCUT2D eigenvalue weighted by atomic mass is 16.5. The first kappa shape index (κ1) is 12.1. The Morgan fingerprint density at radius 3 is 2.30 bits per heavy atom. The number of rotatable bonds is 3. The monoisotopic (exact) mass is 265 g/mol. The molecule has 0 radical (unpaired) electrons. The molecule has 5 heteroatoms. The number of para-hydroxylation sites is 1. The van der Waals surface area contributed by atoms with Gasteiger partial charge in [-0.15, -0.1) is 9.90 Å². The Balaban J connectivity index is 1.77. The summed E-state index contributed by atoms with van der Waals surface area (Å²) in [5.41, 5.74) is 1.27. The number of benzene rings is 2. The SMILES string of the molecule is O=C(Oc1cnn(-c2ccccc2)n1)c1ccccc1. The zero-order valence-electron chi connectivity index (χ0n) is 10.5. The molecule has 0 spiro atoms. The molecule has 2 aromatic carbocycles. The standard InChI is InChI=1S/C15H11N3O2/c19-15(12-7-3-1-4-8-12)20-14-11-16-18(17-14)13-9-5-2-6-10-13/h1-11H.